The topological polar surface area (TPSA) is 48.3 Å². The van der Waals surface area contributed by atoms with E-state index in [0.29, 0.717) is 23.1 Å². The molecule has 0 saturated heterocycles. The molecule has 0 unspecified atom stereocenters. The van der Waals surface area contributed by atoms with E-state index in [1.807, 2.05) is 6.07 Å². The van der Waals surface area contributed by atoms with Crippen molar-refractivity contribution >= 4 is 16.6 Å². The maximum absolute atomic E-state index is 12.2. The third-order valence-electron chi connectivity index (χ3n) is 2.74. The lowest BCUT2D eigenvalue weighted by Gasteiger charge is -2.09. The second kappa shape index (κ2) is 5.52. The fraction of sp³-hybridized carbons (Fsp3) is 0.200. The van der Waals surface area contributed by atoms with Gasteiger partial charge >= 0.3 is 0 Å². The van der Waals surface area contributed by atoms with Crippen LogP contribution < -0.4 is 10.3 Å². The number of aromatic nitrogens is 1. The van der Waals surface area contributed by atoms with Crippen LogP contribution >= 0.6 is 0 Å². The molecular formula is C15H15NO3. The zero-order valence-corrected chi connectivity index (χ0v) is 10.8. The van der Waals surface area contributed by atoms with Crippen LogP contribution in [0.2, 0.25) is 0 Å². The summed E-state index contributed by atoms with van der Waals surface area (Å²) in [7, 11) is 0. The number of hydrogen-bond donors (Lipinski definition) is 0. The molecule has 0 aliphatic carbocycles. The van der Waals surface area contributed by atoms with Crippen LogP contribution in [-0.2, 0) is 11.3 Å². The molecule has 0 aliphatic heterocycles. The monoisotopic (exact) mass is 257 g/mol. The predicted molar refractivity (Wildman–Crippen MR) is 74.6 cm³/mol. The largest absolute Gasteiger partial charge is 0.485 e. The Kier molecular flexibility index (Phi) is 3.80. The van der Waals surface area contributed by atoms with Crippen molar-refractivity contribution in [3.8, 4) is 5.75 Å². The molecule has 1 aromatic carbocycles. The number of fused-ring (bicyclic) bond motifs is 1. The van der Waals surface area contributed by atoms with E-state index in [2.05, 4.69) is 6.58 Å². The van der Waals surface area contributed by atoms with Gasteiger partial charge in [-0.1, -0.05) is 12.1 Å². The maximum Gasteiger partial charge on any atom is 0.258 e. The number of allylic oxidation sites excluding steroid dienone is 1. The zero-order valence-electron chi connectivity index (χ0n) is 10.8. The van der Waals surface area contributed by atoms with Gasteiger partial charge in [-0.15, -0.1) is 6.58 Å². The van der Waals surface area contributed by atoms with Gasteiger partial charge < -0.3 is 9.30 Å². The number of rotatable bonds is 5. The molecule has 0 atom stereocenters. The summed E-state index contributed by atoms with van der Waals surface area (Å²) in [5, 5.41) is 1.29. The van der Waals surface area contributed by atoms with E-state index >= 15 is 0 Å². The van der Waals surface area contributed by atoms with E-state index in [9.17, 15) is 9.59 Å². The number of Topliss-reactive ketones (excluding diaryl/α,β-unsaturated/α-hetero) is 1. The van der Waals surface area contributed by atoms with Crippen LogP contribution in [-0.4, -0.2) is 17.0 Å². The van der Waals surface area contributed by atoms with Crippen LogP contribution in [0, 0.1) is 0 Å². The van der Waals surface area contributed by atoms with Gasteiger partial charge in [-0.2, -0.15) is 0 Å². The molecule has 4 heteroatoms. The summed E-state index contributed by atoms with van der Waals surface area (Å²) < 4.78 is 6.99. The second-order valence-corrected chi connectivity index (χ2v) is 4.27. The Morgan fingerprint density at radius 3 is 2.84 bits per heavy atom. The average Bonchev–Trinajstić information content (AvgIpc) is 2.40. The molecule has 0 radical (unpaired) electrons. The van der Waals surface area contributed by atoms with E-state index < -0.39 is 0 Å². The van der Waals surface area contributed by atoms with Crippen molar-refractivity contribution in [1.82, 2.24) is 4.57 Å². The third kappa shape index (κ3) is 2.73. The number of ether oxygens (including phenoxy) is 1. The fourth-order valence-electron chi connectivity index (χ4n) is 1.88. The first kappa shape index (κ1) is 13.1. The maximum atomic E-state index is 12.2. The van der Waals surface area contributed by atoms with Gasteiger partial charge in [-0.3, -0.25) is 9.59 Å². The van der Waals surface area contributed by atoms with Gasteiger partial charge in [0.25, 0.3) is 5.56 Å². The number of carbonyl (C=O) groups excluding carboxylic acids is 1. The normalized spacial score (nSPS) is 10.4. The SMILES string of the molecule is C=CCn1ccc2c(OCC(C)=O)cccc2c1=O. The van der Waals surface area contributed by atoms with Crippen LogP contribution in [0.3, 0.4) is 0 Å². The first-order valence-corrected chi connectivity index (χ1v) is 5.99. The fourth-order valence-corrected chi connectivity index (χ4v) is 1.88. The number of hydrogen-bond acceptors (Lipinski definition) is 3. The molecule has 0 bridgehead atoms. The van der Waals surface area contributed by atoms with Crippen molar-refractivity contribution in [2.45, 2.75) is 13.5 Å². The summed E-state index contributed by atoms with van der Waals surface area (Å²) in [5.41, 5.74) is -0.0920. The van der Waals surface area contributed by atoms with Crippen LogP contribution in [0.1, 0.15) is 6.92 Å². The van der Waals surface area contributed by atoms with Crippen molar-refractivity contribution in [2.75, 3.05) is 6.61 Å². The molecule has 1 aromatic heterocycles. The van der Waals surface area contributed by atoms with Gasteiger partial charge in [0.2, 0.25) is 0 Å². The summed E-state index contributed by atoms with van der Waals surface area (Å²) in [6.45, 7) is 5.56. The molecule has 0 N–H and O–H groups in total. The molecular weight excluding hydrogens is 242 g/mol. The second-order valence-electron chi connectivity index (χ2n) is 4.27. The quantitative estimate of drug-likeness (QED) is 0.771. The Labute approximate surface area is 110 Å². The molecule has 0 saturated carbocycles. The van der Waals surface area contributed by atoms with Crippen LogP contribution in [0.5, 0.6) is 5.75 Å². The van der Waals surface area contributed by atoms with Crippen molar-refractivity contribution in [3.05, 3.63) is 53.5 Å². The van der Waals surface area contributed by atoms with E-state index in [-0.39, 0.29) is 17.9 Å². The number of benzene rings is 1. The number of pyridine rings is 1. The van der Waals surface area contributed by atoms with Crippen molar-refractivity contribution < 1.29 is 9.53 Å². The Morgan fingerprint density at radius 1 is 1.37 bits per heavy atom. The summed E-state index contributed by atoms with van der Waals surface area (Å²) in [6, 6.07) is 7.06. The minimum atomic E-state index is -0.0920. The lowest BCUT2D eigenvalue weighted by atomic mass is 10.1. The Morgan fingerprint density at radius 2 is 2.16 bits per heavy atom. The van der Waals surface area contributed by atoms with E-state index in [1.54, 1.807) is 35.0 Å². The van der Waals surface area contributed by atoms with E-state index in [1.165, 1.54) is 6.92 Å². The van der Waals surface area contributed by atoms with Crippen LogP contribution in [0.25, 0.3) is 10.8 Å². The van der Waals surface area contributed by atoms with Crippen LogP contribution in [0.4, 0.5) is 0 Å². The van der Waals surface area contributed by atoms with Gasteiger partial charge in [0.1, 0.15) is 12.4 Å². The molecule has 2 aromatic rings. The smallest absolute Gasteiger partial charge is 0.258 e. The highest BCUT2D eigenvalue weighted by atomic mass is 16.5. The van der Waals surface area contributed by atoms with Crippen molar-refractivity contribution in [3.63, 3.8) is 0 Å². The zero-order chi connectivity index (χ0) is 13.8. The van der Waals surface area contributed by atoms with Gasteiger partial charge in [-0.05, 0) is 25.1 Å². The minimum Gasteiger partial charge on any atom is -0.485 e. The van der Waals surface area contributed by atoms with Crippen molar-refractivity contribution in [2.24, 2.45) is 0 Å². The molecule has 0 aliphatic rings. The molecule has 98 valence electrons. The van der Waals surface area contributed by atoms with Gasteiger partial charge in [0, 0.05) is 18.1 Å². The summed E-state index contributed by atoms with van der Waals surface area (Å²) in [5.74, 6) is 0.493. The van der Waals surface area contributed by atoms with Crippen LogP contribution in [0.15, 0.2) is 47.9 Å². The Hall–Kier alpha value is -2.36. The number of nitrogens with zero attached hydrogens (tertiary/aromatic N) is 1. The molecule has 1 heterocycles. The average molecular weight is 257 g/mol. The van der Waals surface area contributed by atoms with E-state index in [0.717, 1.165) is 0 Å². The lowest BCUT2D eigenvalue weighted by Crippen LogP contribution is -2.18. The number of ketones is 1. The summed E-state index contributed by atoms with van der Waals surface area (Å²) in [6.07, 6.45) is 3.37. The van der Waals surface area contributed by atoms with Gasteiger partial charge in [0.15, 0.2) is 5.78 Å². The highest BCUT2D eigenvalue weighted by molar-refractivity contribution is 5.88. The lowest BCUT2D eigenvalue weighted by molar-refractivity contribution is -0.118. The highest BCUT2D eigenvalue weighted by Gasteiger charge is 2.07. The highest BCUT2D eigenvalue weighted by Crippen LogP contribution is 2.23. The third-order valence-corrected chi connectivity index (χ3v) is 2.74. The molecule has 19 heavy (non-hydrogen) atoms. The molecule has 2 rings (SSSR count). The molecule has 4 nitrogen and oxygen atoms in total. The van der Waals surface area contributed by atoms with Gasteiger partial charge in [0.05, 0.1) is 5.39 Å². The van der Waals surface area contributed by atoms with E-state index in [4.69, 9.17) is 4.74 Å². The molecule has 0 fully saturated rings. The number of carbonyl (C=O) groups is 1. The molecule has 0 amide bonds. The first-order valence-electron chi connectivity index (χ1n) is 5.99. The Bertz CT molecular complexity index is 685. The standard InChI is InChI=1S/C15H15NO3/c1-3-8-16-9-7-12-13(15(16)18)5-4-6-14(12)19-10-11(2)17/h3-7,9H,1,8,10H2,2H3. The summed E-state index contributed by atoms with van der Waals surface area (Å²) >= 11 is 0. The predicted octanol–water partition coefficient (Wildman–Crippen LogP) is 2.16. The summed E-state index contributed by atoms with van der Waals surface area (Å²) in [4.78, 5) is 23.2. The molecule has 0 spiro atoms. The first-order chi connectivity index (χ1) is 9.13. The Balaban J connectivity index is 2.51. The minimum absolute atomic E-state index is 0.00879. The van der Waals surface area contributed by atoms with Crippen molar-refractivity contribution in [1.29, 1.82) is 0 Å². The van der Waals surface area contributed by atoms with Gasteiger partial charge in [-0.25, -0.2) is 0 Å².